The normalized spacial score (nSPS) is 24.4. The van der Waals surface area contributed by atoms with Gasteiger partial charge in [0.05, 0.1) is 12.4 Å². The first-order valence-electron chi connectivity index (χ1n) is 9.46. The summed E-state index contributed by atoms with van der Waals surface area (Å²) in [6.07, 6.45) is 6.77. The molecular formula is C21H22FN5O. The van der Waals surface area contributed by atoms with Crippen LogP contribution in [-0.4, -0.2) is 31.6 Å². The summed E-state index contributed by atoms with van der Waals surface area (Å²) in [4.78, 5) is 25.3. The third-order valence-corrected chi connectivity index (χ3v) is 5.48. The molecular weight excluding hydrogens is 357 g/mol. The number of rotatable bonds is 4. The lowest BCUT2D eigenvalue weighted by molar-refractivity contribution is 0.102. The number of hydrogen-bond acceptors (Lipinski definition) is 4. The molecule has 0 fully saturated rings. The van der Waals surface area contributed by atoms with E-state index in [1.54, 1.807) is 35.2 Å². The third kappa shape index (κ3) is 3.17. The molecule has 0 radical (unpaired) electrons. The molecule has 1 aliphatic rings. The highest BCUT2D eigenvalue weighted by Gasteiger charge is 2.34. The maximum Gasteiger partial charge on any atom is 0.256 e. The van der Waals surface area contributed by atoms with Crippen molar-refractivity contribution in [2.45, 2.75) is 32.5 Å². The van der Waals surface area contributed by atoms with Crippen molar-refractivity contribution in [3.05, 3.63) is 60.7 Å². The molecule has 28 heavy (non-hydrogen) atoms. The zero-order valence-electron chi connectivity index (χ0n) is 15.8. The topological polar surface area (TPSA) is 72.7 Å². The first kappa shape index (κ1) is 18.3. The van der Waals surface area contributed by atoms with E-state index in [2.05, 4.69) is 33.3 Å². The van der Waals surface area contributed by atoms with E-state index in [0.29, 0.717) is 22.5 Å². The maximum atomic E-state index is 15.1. The van der Waals surface area contributed by atoms with Gasteiger partial charge in [-0.05, 0) is 30.4 Å². The summed E-state index contributed by atoms with van der Waals surface area (Å²) in [7, 11) is 0. The Bertz CT molecular complexity index is 1020. The van der Waals surface area contributed by atoms with Crippen molar-refractivity contribution in [3.8, 4) is 0 Å². The fraction of sp³-hybridized carbons (Fsp3) is 0.333. The minimum Gasteiger partial charge on any atom is -0.305 e. The van der Waals surface area contributed by atoms with Crippen LogP contribution in [-0.2, 0) is 0 Å². The predicted molar refractivity (Wildman–Crippen MR) is 106 cm³/mol. The van der Waals surface area contributed by atoms with Crippen LogP contribution in [0.2, 0.25) is 0 Å². The number of halogens is 1. The van der Waals surface area contributed by atoms with Gasteiger partial charge in [0, 0.05) is 5.56 Å². The van der Waals surface area contributed by atoms with E-state index in [1.807, 2.05) is 19.1 Å². The standard InChI is InChI=1S/C21H22FN5O/c1-3-14-9-10-16(17(22)13(14)2)27-12-25-18-19(23-11-24-20(18)27)26-21(28)15-7-5-4-6-8-15/h4-14,16-17H,3H2,1-2H3,(H,23,24,26,28)/t13-,14+,16-,17-/m1/s1. The monoisotopic (exact) mass is 379 g/mol. The van der Waals surface area contributed by atoms with Crippen LogP contribution in [0.1, 0.15) is 36.7 Å². The van der Waals surface area contributed by atoms with Gasteiger partial charge in [0.2, 0.25) is 0 Å². The molecule has 0 spiro atoms. The molecule has 1 aromatic carbocycles. The number of aromatic nitrogens is 4. The number of fused-ring (bicyclic) bond motifs is 1. The van der Waals surface area contributed by atoms with Crippen molar-refractivity contribution in [2.75, 3.05) is 5.32 Å². The van der Waals surface area contributed by atoms with Crippen LogP contribution in [0.4, 0.5) is 10.2 Å². The summed E-state index contributed by atoms with van der Waals surface area (Å²) in [5, 5.41) is 2.78. The maximum absolute atomic E-state index is 15.1. The lowest BCUT2D eigenvalue weighted by Crippen LogP contribution is -2.32. The van der Waals surface area contributed by atoms with Crippen molar-refractivity contribution in [1.82, 2.24) is 19.5 Å². The second kappa shape index (κ2) is 7.50. The van der Waals surface area contributed by atoms with E-state index < -0.39 is 12.2 Å². The molecule has 7 heteroatoms. The summed E-state index contributed by atoms with van der Waals surface area (Å²) in [6.45, 7) is 4.01. The summed E-state index contributed by atoms with van der Waals surface area (Å²) in [5.41, 5.74) is 1.46. The lowest BCUT2D eigenvalue weighted by atomic mass is 9.80. The zero-order chi connectivity index (χ0) is 19.7. The van der Waals surface area contributed by atoms with Gasteiger partial charge in [0.1, 0.15) is 12.5 Å². The molecule has 144 valence electrons. The van der Waals surface area contributed by atoms with Gasteiger partial charge in [0.15, 0.2) is 17.0 Å². The Labute approximate surface area is 162 Å². The average molecular weight is 379 g/mol. The molecule has 1 N–H and O–H groups in total. The van der Waals surface area contributed by atoms with Crippen LogP contribution in [0.3, 0.4) is 0 Å². The Morgan fingerprint density at radius 2 is 1.96 bits per heavy atom. The van der Waals surface area contributed by atoms with Gasteiger partial charge in [-0.1, -0.05) is 44.2 Å². The smallest absolute Gasteiger partial charge is 0.256 e. The van der Waals surface area contributed by atoms with Crippen LogP contribution in [0.25, 0.3) is 11.2 Å². The van der Waals surface area contributed by atoms with Crippen LogP contribution in [0.5, 0.6) is 0 Å². The molecule has 4 atom stereocenters. The first-order valence-corrected chi connectivity index (χ1v) is 9.46. The molecule has 6 nitrogen and oxygen atoms in total. The molecule has 0 unspecified atom stereocenters. The number of alkyl halides is 1. The number of carbonyl (C=O) groups is 1. The van der Waals surface area contributed by atoms with Crippen molar-refractivity contribution in [1.29, 1.82) is 0 Å². The largest absolute Gasteiger partial charge is 0.305 e. The van der Waals surface area contributed by atoms with E-state index in [-0.39, 0.29) is 17.7 Å². The van der Waals surface area contributed by atoms with Gasteiger partial charge < -0.3 is 9.88 Å². The molecule has 0 saturated carbocycles. The van der Waals surface area contributed by atoms with Crippen molar-refractivity contribution in [3.63, 3.8) is 0 Å². The SMILES string of the molecule is CC[C@H]1C=C[C@@H](n2cnc3c(NC(=O)c4ccccc4)ncnc32)[C@H](F)[C@@H]1C. The summed E-state index contributed by atoms with van der Waals surface area (Å²) in [5.74, 6) is 0.177. The Morgan fingerprint density at radius 3 is 2.71 bits per heavy atom. The number of amides is 1. The number of carbonyl (C=O) groups excluding carboxylic acids is 1. The van der Waals surface area contributed by atoms with Crippen LogP contribution in [0, 0.1) is 11.8 Å². The summed E-state index contributed by atoms with van der Waals surface area (Å²) < 4.78 is 16.8. The first-order chi connectivity index (χ1) is 13.6. The highest BCUT2D eigenvalue weighted by Crippen LogP contribution is 2.36. The molecule has 4 rings (SSSR count). The highest BCUT2D eigenvalue weighted by molar-refractivity contribution is 6.06. The van der Waals surface area contributed by atoms with E-state index in [4.69, 9.17) is 0 Å². The van der Waals surface area contributed by atoms with E-state index in [1.165, 1.54) is 6.33 Å². The number of nitrogens with one attached hydrogen (secondary N) is 1. The number of nitrogens with zero attached hydrogens (tertiary/aromatic N) is 4. The number of allylic oxidation sites excluding steroid dienone is 2. The summed E-state index contributed by atoms with van der Waals surface area (Å²) >= 11 is 0. The van der Waals surface area contributed by atoms with Crippen LogP contribution in [0.15, 0.2) is 55.1 Å². The van der Waals surface area contributed by atoms with Crippen LogP contribution >= 0.6 is 0 Å². The fourth-order valence-electron chi connectivity index (χ4n) is 3.77. The van der Waals surface area contributed by atoms with Crippen molar-refractivity contribution in [2.24, 2.45) is 11.8 Å². The second-order valence-electron chi connectivity index (χ2n) is 7.12. The fourth-order valence-corrected chi connectivity index (χ4v) is 3.77. The minimum atomic E-state index is -1.04. The zero-order valence-corrected chi connectivity index (χ0v) is 15.8. The predicted octanol–water partition coefficient (Wildman–Crippen LogP) is 4.19. The van der Waals surface area contributed by atoms with E-state index >= 15 is 4.39 Å². The lowest BCUT2D eigenvalue weighted by Gasteiger charge is -2.33. The second-order valence-corrected chi connectivity index (χ2v) is 7.12. The Morgan fingerprint density at radius 1 is 1.18 bits per heavy atom. The van der Waals surface area contributed by atoms with Gasteiger partial charge in [-0.2, -0.15) is 0 Å². The quantitative estimate of drug-likeness (QED) is 0.690. The van der Waals surface area contributed by atoms with E-state index in [0.717, 1.165) is 6.42 Å². The van der Waals surface area contributed by atoms with Crippen LogP contribution < -0.4 is 5.32 Å². The molecule has 0 aliphatic heterocycles. The molecule has 2 heterocycles. The van der Waals surface area contributed by atoms with Gasteiger partial charge >= 0.3 is 0 Å². The molecule has 0 saturated heterocycles. The number of anilines is 1. The summed E-state index contributed by atoms with van der Waals surface area (Å²) in [6, 6.07) is 8.39. The molecule has 3 aromatic rings. The average Bonchev–Trinajstić information content (AvgIpc) is 3.15. The van der Waals surface area contributed by atoms with Gasteiger partial charge in [-0.3, -0.25) is 4.79 Å². The van der Waals surface area contributed by atoms with Gasteiger partial charge in [-0.15, -0.1) is 0 Å². The molecule has 0 bridgehead atoms. The van der Waals surface area contributed by atoms with Crippen molar-refractivity contribution < 1.29 is 9.18 Å². The third-order valence-electron chi connectivity index (χ3n) is 5.48. The number of hydrogen-bond donors (Lipinski definition) is 1. The number of imidazole rings is 1. The highest BCUT2D eigenvalue weighted by atomic mass is 19.1. The Balaban J connectivity index is 1.67. The van der Waals surface area contributed by atoms with Gasteiger partial charge in [0.25, 0.3) is 5.91 Å². The van der Waals surface area contributed by atoms with E-state index in [9.17, 15) is 4.79 Å². The number of benzene rings is 1. The molecule has 1 amide bonds. The van der Waals surface area contributed by atoms with Gasteiger partial charge in [-0.25, -0.2) is 19.3 Å². The minimum absolute atomic E-state index is 0.0865. The molecule has 2 aromatic heterocycles. The molecule has 1 aliphatic carbocycles. The Hall–Kier alpha value is -3.09. The Kier molecular flexibility index (Phi) is 4.90. The van der Waals surface area contributed by atoms with Crippen molar-refractivity contribution >= 4 is 22.9 Å².